The van der Waals surface area contributed by atoms with Crippen LogP contribution in [0, 0.1) is 6.92 Å². The Morgan fingerprint density at radius 2 is 2.10 bits per heavy atom. The van der Waals surface area contributed by atoms with E-state index in [2.05, 4.69) is 29.3 Å². The maximum atomic E-state index is 12.6. The molecule has 4 rings (SSSR count). The minimum atomic E-state index is 0.0686. The first-order chi connectivity index (χ1) is 14.7. The molecule has 0 radical (unpaired) electrons. The molecule has 1 amide bonds. The fourth-order valence-corrected chi connectivity index (χ4v) is 4.21. The Bertz CT molecular complexity index is 1050. The number of para-hydroxylation sites is 1. The summed E-state index contributed by atoms with van der Waals surface area (Å²) in [6.45, 7) is 2.72. The van der Waals surface area contributed by atoms with Gasteiger partial charge in [0.25, 0.3) is 0 Å². The molecule has 0 spiro atoms. The lowest BCUT2D eigenvalue weighted by atomic mass is 10.1. The number of amides is 1. The highest BCUT2D eigenvalue weighted by Crippen LogP contribution is 2.24. The number of benzene rings is 1. The Balaban J connectivity index is 1.31. The van der Waals surface area contributed by atoms with Crippen LogP contribution in [0.15, 0.2) is 67.0 Å². The van der Waals surface area contributed by atoms with Crippen molar-refractivity contribution in [2.24, 2.45) is 0 Å². The van der Waals surface area contributed by atoms with Crippen LogP contribution in [0.25, 0.3) is 5.57 Å². The second-order valence-corrected chi connectivity index (χ2v) is 8.65. The van der Waals surface area contributed by atoms with Crippen LogP contribution in [0.4, 0.5) is 0 Å². The summed E-state index contributed by atoms with van der Waals surface area (Å²) in [5.74, 6) is 0.962. The molecular weight excluding hydrogens is 394 g/mol. The first kappa shape index (κ1) is 20.2. The van der Waals surface area contributed by atoms with Crippen molar-refractivity contribution in [1.29, 1.82) is 0 Å². The summed E-state index contributed by atoms with van der Waals surface area (Å²) in [6.07, 6.45) is 8.71. The largest absolute Gasteiger partial charge is 0.494 e. The minimum absolute atomic E-state index is 0.0686. The molecule has 0 aliphatic carbocycles. The van der Waals surface area contributed by atoms with Gasteiger partial charge in [-0.15, -0.1) is 11.3 Å². The lowest BCUT2D eigenvalue weighted by Crippen LogP contribution is -2.23. The molecule has 1 aliphatic rings. The molecule has 0 unspecified atom stereocenters. The molecule has 0 saturated carbocycles. The van der Waals surface area contributed by atoms with E-state index < -0.39 is 0 Å². The lowest BCUT2D eigenvalue weighted by molar-refractivity contribution is -0.125. The van der Waals surface area contributed by atoms with Crippen LogP contribution in [0.5, 0.6) is 5.75 Å². The number of carbonyl (C=O) groups excluding carboxylic acids is 1. The van der Waals surface area contributed by atoms with Crippen LogP contribution in [0.2, 0.25) is 0 Å². The molecule has 6 heteroatoms. The Kier molecular flexibility index (Phi) is 6.44. The van der Waals surface area contributed by atoms with Crippen molar-refractivity contribution in [2.45, 2.75) is 32.6 Å². The maximum absolute atomic E-state index is 12.6. The van der Waals surface area contributed by atoms with Crippen LogP contribution in [-0.2, 0) is 17.6 Å². The number of nitrogens with one attached hydrogen (secondary N) is 1. The van der Waals surface area contributed by atoms with Crippen molar-refractivity contribution < 1.29 is 9.53 Å². The summed E-state index contributed by atoms with van der Waals surface area (Å²) in [6, 6.07) is 16.0. The highest BCUT2D eigenvalue weighted by Gasteiger charge is 2.16. The second-order valence-electron chi connectivity index (χ2n) is 7.28. The third-order valence-corrected chi connectivity index (χ3v) is 5.87. The Morgan fingerprint density at radius 1 is 1.23 bits per heavy atom. The van der Waals surface area contributed by atoms with Gasteiger partial charge in [0.05, 0.1) is 18.7 Å². The molecule has 3 aromatic rings. The van der Waals surface area contributed by atoms with Crippen LogP contribution in [0.3, 0.4) is 0 Å². The highest BCUT2D eigenvalue weighted by molar-refractivity contribution is 7.12. The summed E-state index contributed by atoms with van der Waals surface area (Å²) in [5, 5.41) is 7.57. The zero-order valence-electron chi connectivity index (χ0n) is 17.0. The first-order valence-corrected chi connectivity index (χ1v) is 11.0. The molecule has 30 heavy (non-hydrogen) atoms. The summed E-state index contributed by atoms with van der Waals surface area (Å²) < 4.78 is 5.74. The van der Waals surface area contributed by atoms with Crippen molar-refractivity contribution in [3.05, 3.63) is 88.1 Å². The predicted molar refractivity (Wildman–Crippen MR) is 120 cm³/mol. The van der Waals surface area contributed by atoms with E-state index >= 15 is 0 Å². The Morgan fingerprint density at radius 3 is 2.90 bits per heavy atom. The van der Waals surface area contributed by atoms with Gasteiger partial charge in [0.15, 0.2) is 0 Å². The van der Waals surface area contributed by atoms with Gasteiger partial charge in [0.1, 0.15) is 5.75 Å². The molecule has 0 fully saturated rings. The molecular formula is C24H25N3O2S. The molecule has 154 valence electrons. The second kappa shape index (κ2) is 9.59. The van der Waals surface area contributed by atoms with Crippen LogP contribution < -0.4 is 4.74 Å². The van der Waals surface area contributed by atoms with Crippen molar-refractivity contribution in [1.82, 2.24) is 15.1 Å². The SMILES string of the molecule is Cc1ccc(CC(=O)N2C=CCC(c3cc(CCCOc4ccccc4)[nH]n3)=C2)s1. The number of H-pyrrole nitrogens is 1. The number of nitrogens with zero attached hydrogens (tertiary/aromatic N) is 2. The predicted octanol–water partition coefficient (Wildman–Crippen LogP) is 5.12. The number of carbonyl (C=O) groups is 1. The van der Waals surface area contributed by atoms with Crippen LogP contribution in [0.1, 0.15) is 34.0 Å². The van der Waals surface area contributed by atoms with E-state index in [0.717, 1.165) is 46.9 Å². The Hall–Kier alpha value is -3.12. The zero-order chi connectivity index (χ0) is 20.8. The fraction of sp³-hybridized carbons (Fsp3) is 0.250. The van der Waals surface area contributed by atoms with Gasteiger partial charge >= 0.3 is 0 Å². The molecule has 0 atom stereocenters. The van der Waals surface area contributed by atoms with Gasteiger partial charge in [-0.3, -0.25) is 14.8 Å². The van der Waals surface area contributed by atoms with E-state index in [0.29, 0.717) is 13.0 Å². The number of allylic oxidation sites excluding steroid dienone is 2. The summed E-state index contributed by atoms with van der Waals surface area (Å²) in [5.41, 5.74) is 3.00. The van der Waals surface area contributed by atoms with Crippen LogP contribution >= 0.6 is 11.3 Å². The number of hydrogen-bond acceptors (Lipinski definition) is 4. The van der Waals surface area contributed by atoms with E-state index in [4.69, 9.17) is 4.74 Å². The van der Waals surface area contributed by atoms with Gasteiger partial charge in [0, 0.05) is 33.4 Å². The number of aromatic amines is 1. The van der Waals surface area contributed by atoms with Gasteiger partial charge < -0.3 is 4.74 Å². The van der Waals surface area contributed by atoms with Crippen molar-refractivity contribution >= 4 is 22.8 Å². The van der Waals surface area contributed by atoms with E-state index in [-0.39, 0.29) is 5.91 Å². The van der Waals surface area contributed by atoms with Crippen molar-refractivity contribution in [3.63, 3.8) is 0 Å². The van der Waals surface area contributed by atoms with Gasteiger partial charge in [0.2, 0.25) is 5.91 Å². The number of ether oxygens (including phenoxy) is 1. The lowest BCUT2D eigenvalue weighted by Gasteiger charge is -2.18. The van der Waals surface area contributed by atoms with Gasteiger partial charge in [-0.2, -0.15) is 5.10 Å². The minimum Gasteiger partial charge on any atom is -0.494 e. The van der Waals surface area contributed by atoms with Crippen LogP contribution in [-0.4, -0.2) is 27.6 Å². The number of rotatable bonds is 8. The highest BCUT2D eigenvalue weighted by atomic mass is 32.1. The van der Waals surface area contributed by atoms with E-state index in [1.807, 2.05) is 54.9 Å². The normalized spacial score (nSPS) is 13.4. The number of hydrogen-bond donors (Lipinski definition) is 1. The van der Waals surface area contributed by atoms with Crippen molar-refractivity contribution in [2.75, 3.05) is 6.61 Å². The molecule has 1 N–H and O–H groups in total. The van der Waals surface area contributed by atoms with Crippen molar-refractivity contribution in [3.8, 4) is 5.75 Å². The van der Waals surface area contributed by atoms with Gasteiger partial charge in [-0.25, -0.2) is 0 Å². The molecule has 2 aromatic heterocycles. The molecule has 0 bridgehead atoms. The third-order valence-electron chi connectivity index (χ3n) is 4.87. The topological polar surface area (TPSA) is 58.2 Å². The molecule has 1 aromatic carbocycles. The molecule has 5 nitrogen and oxygen atoms in total. The maximum Gasteiger partial charge on any atom is 0.235 e. The number of aromatic nitrogens is 2. The zero-order valence-corrected chi connectivity index (χ0v) is 17.8. The van der Waals surface area contributed by atoms with Gasteiger partial charge in [-0.05, 0) is 56.5 Å². The average Bonchev–Trinajstić information content (AvgIpc) is 3.41. The molecule has 0 saturated heterocycles. The smallest absolute Gasteiger partial charge is 0.235 e. The number of aryl methyl sites for hydroxylation is 2. The fourth-order valence-electron chi connectivity index (χ4n) is 3.33. The first-order valence-electron chi connectivity index (χ1n) is 10.1. The number of thiophene rings is 1. The molecule has 1 aliphatic heterocycles. The average molecular weight is 420 g/mol. The van der Waals surface area contributed by atoms with E-state index in [1.54, 1.807) is 16.2 Å². The Labute approximate surface area is 180 Å². The van der Waals surface area contributed by atoms with Gasteiger partial charge in [-0.1, -0.05) is 24.3 Å². The quantitative estimate of drug-likeness (QED) is 0.516. The summed E-state index contributed by atoms with van der Waals surface area (Å²) in [7, 11) is 0. The summed E-state index contributed by atoms with van der Waals surface area (Å²) >= 11 is 1.67. The standard InChI is InChI=1S/C24H25N3O2S/c1-18-11-12-22(30-18)16-24(28)27-13-5-7-19(17-27)23-15-20(25-26-23)8-6-14-29-21-9-3-2-4-10-21/h2-5,9-13,15,17H,6-8,14,16H2,1H3,(H,25,26). The third kappa shape index (κ3) is 5.27. The molecule has 3 heterocycles. The summed E-state index contributed by atoms with van der Waals surface area (Å²) in [4.78, 5) is 16.6. The monoisotopic (exact) mass is 419 g/mol. The van der Waals surface area contributed by atoms with E-state index in [9.17, 15) is 4.79 Å². The van der Waals surface area contributed by atoms with E-state index in [1.165, 1.54) is 4.88 Å².